The summed E-state index contributed by atoms with van der Waals surface area (Å²) in [6.45, 7) is 9.27. The van der Waals surface area contributed by atoms with Crippen molar-refractivity contribution in [2.75, 3.05) is 0 Å². The molecule has 2 N–H and O–H groups in total. The third-order valence-corrected chi connectivity index (χ3v) is 4.35. The maximum Gasteiger partial charge on any atom is 0.193 e. The molecule has 4 nitrogen and oxygen atoms in total. The highest BCUT2D eigenvalue weighted by Gasteiger charge is 2.33. The van der Waals surface area contributed by atoms with Crippen LogP contribution in [0.25, 0.3) is 0 Å². The molecule has 132 valence electrons. The van der Waals surface area contributed by atoms with E-state index in [2.05, 4.69) is 0 Å². The van der Waals surface area contributed by atoms with Gasteiger partial charge in [0.25, 0.3) is 0 Å². The highest BCUT2D eigenvalue weighted by Crippen LogP contribution is 2.40. The SMILES string of the molecule is CC(C)=CCC1=C(C)C(=O)c2c(cc(O)c(CC=C(C)C)c2O)C1=O. The zero-order valence-corrected chi connectivity index (χ0v) is 15.4. The summed E-state index contributed by atoms with van der Waals surface area (Å²) < 4.78 is 0. The van der Waals surface area contributed by atoms with Crippen LogP contribution in [0.2, 0.25) is 0 Å². The number of ketones is 2. The van der Waals surface area contributed by atoms with Crippen LogP contribution in [0, 0.1) is 0 Å². The van der Waals surface area contributed by atoms with Gasteiger partial charge in [0.05, 0.1) is 5.56 Å². The van der Waals surface area contributed by atoms with E-state index in [4.69, 9.17) is 0 Å². The van der Waals surface area contributed by atoms with Crippen molar-refractivity contribution in [3.63, 3.8) is 0 Å². The highest BCUT2D eigenvalue weighted by molar-refractivity contribution is 6.28. The van der Waals surface area contributed by atoms with Crippen molar-refractivity contribution in [3.05, 3.63) is 57.2 Å². The number of hydrogen-bond acceptors (Lipinski definition) is 4. The third-order valence-electron chi connectivity index (χ3n) is 4.35. The van der Waals surface area contributed by atoms with Gasteiger partial charge in [-0.2, -0.15) is 0 Å². The van der Waals surface area contributed by atoms with Gasteiger partial charge in [0, 0.05) is 22.3 Å². The van der Waals surface area contributed by atoms with Gasteiger partial charge in [-0.15, -0.1) is 0 Å². The number of fused-ring (bicyclic) bond motifs is 1. The molecule has 0 aromatic heterocycles. The molecule has 0 unspecified atom stereocenters. The predicted octanol–water partition coefficient (Wildman–Crippen LogP) is 4.66. The molecule has 1 aliphatic rings. The molecular formula is C21H24O4. The van der Waals surface area contributed by atoms with Crippen molar-refractivity contribution < 1.29 is 19.8 Å². The number of benzene rings is 1. The fourth-order valence-electron chi connectivity index (χ4n) is 2.82. The quantitative estimate of drug-likeness (QED) is 0.782. The summed E-state index contributed by atoms with van der Waals surface area (Å²) in [6, 6.07) is 1.30. The Balaban J connectivity index is 2.61. The van der Waals surface area contributed by atoms with Crippen LogP contribution in [-0.2, 0) is 6.42 Å². The summed E-state index contributed by atoms with van der Waals surface area (Å²) in [4.78, 5) is 25.5. The second kappa shape index (κ2) is 7.09. The van der Waals surface area contributed by atoms with Crippen molar-refractivity contribution in [1.82, 2.24) is 0 Å². The molecule has 0 bridgehead atoms. The molecule has 2 rings (SSSR count). The smallest absolute Gasteiger partial charge is 0.193 e. The second-order valence-corrected chi connectivity index (χ2v) is 6.88. The van der Waals surface area contributed by atoms with Gasteiger partial charge in [0.1, 0.15) is 11.5 Å². The average Bonchev–Trinajstić information content (AvgIpc) is 2.51. The van der Waals surface area contributed by atoms with E-state index in [-0.39, 0.29) is 39.8 Å². The Kier molecular flexibility index (Phi) is 5.31. The molecular weight excluding hydrogens is 316 g/mol. The summed E-state index contributed by atoms with van der Waals surface area (Å²) in [5.41, 5.74) is 3.18. The van der Waals surface area contributed by atoms with Crippen molar-refractivity contribution in [2.24, 2.45) is 0 Å². The standard InChI is InChI=1S/C21H24O4/c1-11(2)6-8-14-13(5)19(23)18-16(20(14)24)10-17(22)15(21(18)25)9-7-12(3)4/h6-7,10,22,25H,8-9H2,1-5H3. The van der Waals surface area contributed by atoms with Crippen molar-refractivity contribution in [1.29, 1.82) is 0 Å². The van der Waals surface area contributed by atoms with Crippen LogP contribution >= 0.6 is 0 Å². The molecule has 0 amide bonds. The maximum absolute atomic E-state index is 12.8. The number of rotatable bonds is 4. The van der Waals surface area contributed by atoms with Gasteiger partial charge in [-0.25, -0.2) is 0 Å². The lowest BCUT2D eigenvalue weighted by atomic mass is 9.81. The largest absolute Gasteiger partial charge is 0.507 e. The van der Waals surface area contributed by atoms with E-state index in [0.717, 1.165) is 11.1 Å². The van der Waals surface area contributed by atoms with Crippen LogP contribution in [0.1, 0.15) is 67.3 Å². The topological polar surface area (TPSA) is 74.6 Å². The molecule has 1 aromatic rings. The first-order valence-electron chi connectivity index (χ1n) is 8.28. The Morgan fingerprint density at radius 1 is 0.960 bits per heavy atom. The Morgan fingerprint density at radius 3 is 2.08 bits per heavy atom. The van der Waals surface area contributed by atoms with E-state index in [0.29, 0.717) is 24.0 Å². The van der Waals surface area contributed by atoms with Crippen LogP contribution in [-0.4, -0.2) is 21.8 Å². The van der Waals surface area contributed by atoms with Crippen LogP contribution in [0.15, 0.2) is 40.5 Å². The first-order valence-corrected chi connectivity index (χ1v) is 8.28. The Hall–Kier alpha value is -2.62. The van der Waals surface area contributed by atoms with E-state index in [1.165, 1.54) is 6.07 Å². The van der Waals surface area contributed by atoms with Crippen LogP contribution in [0.5, 0.6) is 11.5 Å². The minimum atomic E-state index is -0.359. The van der Waals surface area contributed by atoms with Gasteiger partial charge in [0.2, 0.25) is 0 Å². The second-order valence-electron chi connectivity index (χ2n) is 6.88. The summed E-state index contributed by atoms with van der Waals surface area (Å²) >= 11 is 0. The van der Waals surface area contributed by atoms with Gasteiger partial charge in [-0.1, -0.05) is 23.3 Å². The lowest BCUT2D eigenvalue weighted by Gasteiger charge is -2.21. The molecule has 4 heteroatoms. The number of allylic oxidation sites excluding steroid dienone is 6. The number of phenols is 2. The summed E-state index contributed by atoms with van der Waals surface area (Å²) in [7, 11) is 0. The van der Waals surface area contributed by atoms with Crippen molar-refractivity contribution >= 4 is 11.6 Å². The number of carbonyl (C=O) groups excluding carboxylic acids is 2. The zero-order chi connectivity index (χ0) is 18.9. The molecule has 0 fully saturated rings. The van der Waals surface area contributed by atoms with E-state index in [1.54, 1.807) is 6.92 Å². The van der Waals surface area contributed by atoms with Crippen molar-refractivity contribution in [3.8, 4) is 11.5 Å². The normalized spacial score (nSPS) is 13.6. The number of aromatic hydroxyl groups is 2. The molecule has 1 aromatic carbocycles. The van der Waals surface area contributed by atoms with Gasteiger partial charge in [0.15, 0.2) is 11.6 Å². The summed E-state index contributed by atoms with van der Waals surface area (Å²) in [6.07, 6.45) is 4.39. The van der Waals surface area contributed by atoms with Gasteiger partial charge < -0.3 is 10.2 Å². The number of carbonyl (C=O) groups is 2. The van der Waals surface area contributed by atoms with E-state index < -0.39 is 0 Å². The van der Waals surface area contributed by atoms with Gasteiger partial charge >= 0.3 is 0 Å². The fourth-order valence-corrected chi connectivity index (χ4v) is 2.82. The molecule has 0 aliphatic heterocycles. The maximum atomic E-state index is 12.8. The third kappa shape index (κ3) is 3.58. The fraction of sp³-hybridized carbons (Fsp3) is 0.333. The van der Waals surface area contributed by atoms with E-state index in [1.807, 2.05) is 39.8 Å². The number of hydrogen-bond donors (Lipinski definition) is 2. The molecule has 0 spiro atoms. The summed E-state index contributed by atoms with van der Waals surface area (Å²) in [5, 5.41) is 20.8. The molecule has 0 radical (unpaired) electrons. The van der Waals surface area contributed by atoms with E-state index in [9.17, 15) is 19.8 Å². The monoisotopic (exact) mass is 340 g/mol. The highest BCUT2D eigenvalue weighted by atomic mass is 16.3. The molecule has 0 atom stereocenters. The minimum absolute atomic E-state index is 0.00148. The zero-order valence-electron chi connectivity index (χ0n) is 15.4. The molecule has 1 aliphatic carbocycles. The number of Topliss-reactive ketones (excluding diaryl/α,β-unsaturated/α-hetero) is 2. The molecule has 0 saturated heterocycles. The van der Waals surface area contributed by atoms with Crippen LogP contribution in [0.3, 0.4) is 0 Å². The average molecular weight is 340 g/mol. The van der Waals surface area contributed by atoms with Crippen molar-refractivity contribution in [2.45, 2.75) is 47.5 Å². The Morgan fingerprint density at radius 2 is 1.52 bits per heavy atom. The van der Waals surface area contributed by atoms with Crippen LogP contribution < -0.4 is 0 Å². The summed E-state index contributed by atoms with van der Waals surface area (Å²) in [5.74, 6) is -1.14. The Bertz CT molecular complexity index is 843. The lowest BCUT2D eigenvalue weighted by molar-refractivity contribution is 0.0970. The number of phenolic OH excluding ortho intramolecular Hbond substituents is 2. The van der Waals surface area contributed by atoms with Gasteiger partial charge in [-0.3, -0.25) is 9.59 Å². The first-order chi connectivity index (χ1) is 11.6. The first kappa shape index (κ1) is 18.7. The van der Waals surface area contributed by atoms with E-state index >= 15 is 0 Å². The van der Waals surface area contributed by atoms with Crippen LogP contribution in [0.4, 0.5) is 0 Å². The lowest BCUT2D eigenvalue weighted by Crippen LogP contribution is -2.21. The Labute approximate surface area is 148 Å². The molecule has 0 saturated carbocycles. The predicted molar refractivity (Wildman–Crippen MR) is 98.3 cm³/mol. The molecule has 25 heavy (non-hydrogen) atoms. The minimum Gasteiger partial charge on any atom is -0.507 e. The van der Waals surface area contributed by atoms with Gasteiger partial charge in [-0.05, 0) is 53.5 Å². The molecule has 0 heterocycles.